The fourth-order valence-electron chi connectivity index (χ4n) is 4.45. The van der Waals surface area contributed by atoms with Crippen LogP contribution in [0, 0.1) is 23.5 Å². The zero-order valence-corrected chi connectivity index (χ0v) is 17.4. The van der Waals surface area contributed by atoms with Crippen molar-refractivity contribution in [3.63, 3.8) is 0 Å². The van der Waals surface area contributed by atoms with E-state index < -0.39 is 23.9 Å². The highest BCUT2D eigenvalue weighted by Crippen LogP contribution is 2.34. The first kappa shape index (κ1) is 22.6. The molecule has 1 saturated carbocycles. The largest absolute Gasteiger partial charge is 0.247 e. The number of allylic oxidation sites excluding steroid dienone is 2. The predicted octanol–water partition coefficient (Wildman–Crippen LogP) is 8.15. The summed E-state index contributed by atoms with van der Waals surface area (Å²) in [5.41, 5.74) is 1.86. The maximum atomic E-state index is 13.8. The third-order valence-electron chi connectivity index (χ3n) is 6.37. The molecular formula is C26H30F4. The minimum absolute atomic E-state index is 0.368. The average molecular weight is 419 g/mol. The molecule has 0 radical (unpaired) electrons. The minimum Gasteiger partial charge on any atom is -0.247 e. The highest BCUT2D eigenvalue weighted by atomic mass is 19.1. The van der Waals surface area contributed by atoms with Crippen LogP contribution in [0.25, 0.3) is 11.1 Å². The predicted molar refractivity (Wildman–Crippen MR) is 115 cm³/mol. The number of rotatable bonds is 9. The van der Waals surface area contributed by atoms with Crippen molar-refractivity contribution >= 4 is 0 Å². The van der Waals surface area contributed by atoms with Gasteiger partial charge in [0, 0.05) is 0 Å². The van der Waals surface area contributed by atoms with Crippen molar-refractivity contribution in [2.45, 2.75) is 58.0 Å². The van der Waals surface area contributed by atoms with Crippen LogP contribution in [-0.2, 0) is 13.1 Å². The normalized spacial score (nSPS) is 19.5. The van der Waals surface area contributed by atoms with Gasteiger partial charge in [0.25, 0.3) is 0 Å². The number of hydrogen-bond donors (Lipinski definition) is 0. The van der Waals surface area contributed by atoms with Crippen molar-refractivity contribution in [1.82, 2.24) is 0 Å². The summed E-state index contributed by atoms with van der Waals surface area (Å²) >= 11 is 0. The van der Waals surface area contributed by atoms with Gasteiger partial charge in [0.05, 0.1) is 5.56 Å². The molecule has 0 nitrogen and oxygen atoms in total. The second-order valence-electron chi connectivity index (χ2n) is 8.38. The van der Waals surface area contributed by atoms with Gasteiger partial charge in [0.1, 0.15) is 25.0 Å². The molecule has 2 aromatic rings. The monoisotopic (exact) mass is 418 g/mol. The van der Waals surface area contributed by atoms with Crippen LogP contribution in [0.3, 0.4) is 0 Å². The third kappa shape index (κ3) is 6.20. The molecule has 0 aliphatic heterocycles. The second-order valence-corrected chi connectivity index (χ2v) is 8.38. The number of alkyl halides is 2. The molecule has 3 rings (SSSR count). The van der Waals surface area contributed by atoms with Gasteiger partial charge in [-0.1, -0.05) is 62.1 Å². The fraction of sp³-hybridized carbons (Fsp3) is 0.462. The van der Waals surface area contributed by atoms with Gasteiger partial charge in [-0.15, -0.1) is 0 Å². The van der Waals surface area contributed by atoms with Gasteiger partial charge in [-0.3, -0.25) is 0 Å². The lowest BCUT2D eigenvalue weighted by Gasteiger charge is -2.28. The third-order valence-corrected chi connectivity index (χ3v) is 6.37. The molecule has 0 saturated heterocycles. The lowest BCUT2D eigenvalue weighted by atomic mass is 9.78. The molecule has 0 amide bonds. The van der Waals surface area contributed by atoms with Crippen LogP contribution in [0.2, 0.25) is 0 Å². The molecule has 4 heteroatoms. The summed E-state index contributed by atoms with van der Waals surface area (Å²) in [5, 5.41) is 0. The van der Waals surface area contributed by atoms with Crippen molar-refractivity contribution in [1.29, 1.82) is 0 Å². The van der Waals surface area contributed by atoms with E-state index in [0.29, 0.717) is 5.56 Å². The molecular weight excluding hydrogens is 388 g/mol. The van der Waals surface area contributed by atoms with Crippen molar-refractivity contribution < 1.29 is 17.6 Å². The lowest BCUT2D eigenvalue weighted by molar-refractivity contribution is 0.254. The van der Waals surface area contributed by atoms with E-state index in [2.05, 4.69) is 0 Å². The van der Waals surface area contributed by atoms with E-state index in [1.807, 2.05) is 30.3 Å². The SMILES string of the molecule is FC/C=C/CCC1CCC(CCc2ccc(-c3cc(F)c(CF)c(F)c3)cc2)CC1. The summed E-state index contributed by atoms with van der Waals surface area (Å²) in [6.45, 7) is -1.51. The molecule has 162 valence electrons. The molecule has 30 heavy (non-hydrogen) atoms. The molecule has 0 bridgehead atoms. The van der Waals surface area contributed by atoms with E-state index in [4.69, 9.17) is 0 Å². The number of hydrogen-bond acceptors (Lipinski definition) is 0. The lowest BCUT2D eigenvalue weighted by Crippen LogP contribution is -2.15. The van der Waals surface area contributed by atoms with Crippen molar-refractivity contribution in [3.8, 4) is 11.1 Å². The van der Waals surface area contributed by atoms with E-state index in [0.717, 1.165) is 43.1 Å². The molecule has 1 fully saturated rings. The summed E-state index contributed by atoms with van der Waals surface area (Å²) < 4.78 is 52.4. The van der Waals surface area contributed by atoms with Crippen LogP contribution < -0.4 is 0 Å². The van der Waals surface area contributed by atoms with Gasteiger partial charge < -0.3 is 0 Å². The Balaban J connectivity index is 1.47. The first-order valence-electron chi connectivity index (χ1n) is 10.9. The average Bonchev–Trinajstić information content (AvgIpc) is 2.76. The van der Waals surface area contributed by atoms with E-state index in [-0.39, 0.29) is 6.67 Å². The maximum absolute atomic E-state index is 13.8. The number of halogens is 4. The van der Waals surface area contributed by atoms with Gasteiger partial charge in [-0.05, 0) is 66.3 Å². The van der Waals surface area contributed by atoms with Crippen LogP contribution in [0.1, 0.15) is 56.1 Å². The van der Waals surface area contributed by atoms with Crippen LogP contribution in [-0.4, -0.2) is 6.67 Å². The first-order chi connectivity index (χ1) is 14.6. The summed E-state index contributed by atoms with van der Waals surface area (Å²) in [7, 11) is 0. The Kier molecular flexibility index (Phi) is 8.53. The smallest absolute Gasteiger partial charge is 0.132 e. The van der Waals surface area contributed by atoms with Gasteiger partial charge in [-0.2, -0.15) is 0 Å². The summed E-state index contributed by atoms with van der Waals surface area (Å²) in [6.07, 6.45) is 12.9. The Morgan fingerprint density at radius 2 is 1.37 bits per heavy atom. The standard InChI is InChI=1S/C26H30F4/c27-15-3-1-2-4-19-5-7-20(8-6-19)9-10-21-11-13-22(14-12-21)23-16-25(29)24(18-28)26(30)17-23/h1,3,11-14,16-17,19-20H,2,4-10,15,18H2/b3-1+. The second kappa shape index (κ2) is 11.3. The Labute approximate surface area is 177 Å². The Bertz CT molecular complexity index is 794. The van der Waals surface area contributed by atoms with Crippen molar-refractivity contribution in [2.24, 2.45) is 11.8 Å². The topological polar surface area (TPSA) is 0 Å². The van der Waals surface area contributed by atoms with Gasteiger partial charge in [-0.25, -0.2) is 17.6 Å². The van der Waals surface area contributed by atoms with E-state index >= 15 is 0 Å². The Morgan fingerprint density at radius 3 is 1.93 bits per heavy atom. The van der Waals surface area contributed by atoms with E-state index in [1.54, 1.807) is 6.08 Å². The Hall–Kier alpha value is -2.10. The van der Waals surface area contributed by atoms with Crippen LogP contribution in [0.5, 0.6) is 0 Å². The zero-order valence-electron chi connectivity index (χ0n) is 17.4. The number of aryl methyl sites for hydroxylation is 1. The molecule has 2 aromatic carbocycles. The summed E-state index contributed by atoms with van der Waals surface area (Å²) in [5.74, 6) is -0.163. The van der Waals surface area contributed by atoms with E-state index in [9.17, 15) is 17.6 Å². The fourth-order valence-corrected chi connectivity index (χ4v) is 4.45. The van der Waals surface area contributed by atoms with Gasteiger partial charge >= 0.3 is 0 Å². The van der Waals surface area contributed by atoms with Crippen molar-refractivity contribution in [3.05, 3.63) is 71.3 Å². The maximum Gasteiger partial charge on any atom is 0.132 e. The molecule has 0 N–H and O–H groups in total. The van der Waals surface area contributed by atoms with Crippen molar-refractivity contribution in [2.75, 3.05) is 6.67 Å². The number of benzene rings is 2. The van der Waals surface area contributed by atoms with Crippen LogP contribution in [0.4, 0.5) is 17.6 Å². The highest BCUT2D eigenvalue weighted by Gasteiger charge is 2.20. The molecule has 0 spiro atoms. The van der Waals surface area contributed by atoms with Crippen LogP contribution >= 0.6 is 0 Å². The van der Waals surface area contributed by atoms with Gasteiger partial charge in [0.2, 0.25) is 0 Å². The first-order valence-corrected chi connectivity index (χ1v) is 10.9. The highest BCUT2D eigenvalue weighted by molar-refractivity contribution is 5.64. The van der Waals surface area contributed by atoms with Crippen LogP contribution in [0.15, 0.2) is 48.6 Å². The molecule has 0 heterocycles. The summed E-state index contributed by atoms with van der Waals surface area (Å²) in [4.78, 5) is 0. The quantitative estimate of drug-likeness (QED) is 0.285. The van der Waals surface area contributed by atoms with E-state index in [1.165, 1.54) is 43.4 Å². The molecule has 0 unspecified atom stereocenters. The molecule has 1 aliphatic rings. The summed E-state index contributed by atoms with van der Waals surface area (Å²) in [6, 6.07) is 10.2. The van der Waals surface area contributed by atoms with Gasteiger partial charge in [0.15, 0.2) is 0 Å². The molecule has 1 aliphatic carbocycles. The zero-order chi connectivity index (χ0) is 21.3. The minimum atomic E-state index is -1.14. The molecule has 0 atom stereocenters. The Morgan fingerprint density at radius 1 is 0.767 bits per heavy atom. The molecule has 0 aromatic heterocycles.